The predicted molar refractivity (Wildman–Crippen MR) is 50.5 cm³/mol. The maximum absolute atomic E-state index is 10.7. The van der Waals surface area contributed by atoms with E-state index in [4.69, 9.17) is 10.2 Å². The van der Waals surface area contributed by atoms with Gasteiger partial charge in [0.05, 0.1) is 11.1 Å². The third kappa shape index (κ3) is 1.64. The van der Waals surface area contributed by atoms with Gasteiger partial charge in [0.2, 0.25) is 0 Å². The van der Waals surface area contributed by atoms with Crippen LogP contribution < -0.4 is 0 Å². The summed E-state index contributed by atoms with van der Waals surface area (Å²) in [7, 11) is 0. The molecule has 4 heteroatoms. The van der Waals surface area contributed by atoms with Crippen LogP contribution in [0.2, 0.25) is 0 Å². The van der Waals surface area contributed by atoms with E-state index >= 15 is 0 Å². The fraction of sp³-hybridized carbons (Fsp3) is 0. The Bertz CT molecular complexity index is 374. The highest BCUT2D eigenvalue weighted by atomic mass is 16.4. The summed E-state index contributed by atoms with van der Waals surface area (Å²) in [6, 6.07) is 4.07. The third-order valence-corrected chi connectivity index (χ3v) is 1.77. The molecule has 1 rings (SSSR count). The van der Waals surface area contributed by atoms with Crippen molar-refractivity contribution in [1.82, 2.24) is 0 Å². The van der Waals surface area contributed by atoms with Crippen molar-refractivity contribution < 1.29 is 19.8 Å². The normalized spacial score (nSPS) is 9.43. The zero-order valence-electron chi connectivity index (χ0n) is 7.23. The van der Waals surface area contributed by atoms with Crippen LogP contribution in [0.4, 0.5) is 0 Å². The molecule has 0 unspecified atom stereocenters. The number of hydrogen-bond acceptors (Lipinski definition) is 2. The van der Waals surface area contributed by atoms with Gasteiger partial charge in [-0.3, -0.25) is 0 Å². The van der Waals surface area contributed by atoms with E-state index in [9.17, 15) is 9.59 Å². The van der Waals surface area contributed by atoms with Gasteiger partial charge in [-0.05, 0) is 12.1 Å². The smallest absolute Gasteiger partial charge is 0.336 e. The van der Waals surface area contributed by atoms with Crippen LogP contribution in [0.5, 0.6) is 0 Å². The van der Waals surface area contributed by atoms with Crippen LogP contribution in [-0.4, -0.2) is 22.2 Å². The summed E-state index contributed by atoms with van der Waals surface area (Å²) in [6.45, 7) is 3.39. The van der Waals surface area contributed by atoms with Gasteiger partial charge in [-0.15, -0.1) is 0 Å². The summed E-state index contributed by atoms with van der Waals surface area (Å²) in [4.78, 5) is 21.4. The molecule has 0 heterocycles. The summed E-state index contributed by atoms with van der Waals surface area (Å²) in [5.41, 5.74) is 0.0206. The van der Waals surface area contributed by atoms with Gasteiger partial charge in [0.15, 0.2) is 0 Å². The van der Waals surface area contributed by atoms with Crippen LogP contribution in [-0.2, 0) is 0 Å². The highest BCUT2D eigenvalue weighted by Gasteiger charge is 2.14. The van der Waals surface area contributed by atoms with Crippen molar-refractivity contribution in [3.63, 3.8) is 0 Å². The molecule has 0 atom stereocenters. The molecule has 0 spiro atoms. The van der Waals surface area contributed by atoms with E-state index in [0.29, 0.717) is 0 Å². The molecule has 0 radical (unpaired) electrons. The number of carboxylic acids is 2. The van der Waals surface area contributed by atoms with Crippen LogP contribution in [0.25, 0.3) is 6.08 Å². The number of aromatic carboxylic acids is 2. The van der Waals surface area contributed by atoms with Gasteiger partial charge in [0.1, 0.15) is 0 Å². The molecular formula is C10H8O4. The molecule has 0 aliphatic carbocycles. The van der Waals surface area contributed by atoms with Gasteiger partial charge >= 0.3 is 11.9 Å². The number of rotatable bonds is 3. The lowest BCUT2D eigenvalue weighted by Crippen LogP contribution is -2.06. The Morgan fingerprint density at radius 1 is 1.14 bits per heavy atom. The summed E-state index contributed by atoms with van der Waals surface area (Å²) >= 11 is 0. The second kappa shape index (κ2) is 3.74. The first-order valence-electron chi connectivity index (χ1n) is 3.80. The third-order valence-electron chi connectivity index (χ3n) is 1.77. The van der Waals surface area contributed by atoms with E-state index in [1.807, 2.05) is 0 Å². The number of hydrogen-bond donors (Lipinski definition) is 2. The molecule has 14 heavy (non-hydrogen) atoms. The van der Waals surface area contributed by atoms with Crippen LogP contribution in [0.15, 0.2) is 24.8 Å². The molecule has 1 aromatic carbocycles. The van der Waals surface area contributed by atoms with Crippen molar-refractivity contribution in [1.29, 1.82) is 0 Å². The zero-order chi connectivity index (χ0) is 10.7. The zero-order valence-corrected chi connectivity index (χ0v) is 7.23. The van der Waals surface area contributed by atoms with Crippen LogP contribution in [0, 0.1) is 0 Å². The maximum Gasteiger partial charge on any atom is 0.336 e. The number of benzene rings is 1. The number of carbonyl (C=O) groups is 2. The van der Waals surface area contributed by atoms with E-state index in [-0.39, 0.29) is 16.7 Å². The Hall–Kier alpha value is -2.10. The van der Waals surface area contributed by atoms with Crippen LogP contribution >= 0.6 is 0 Å². The predicted octanol–water partition coefficient (Wildman–Crippen LogP) is 1.73. The molecule has 0 saturated heterocycles. The average Bonchev–Trinajstić information content (AvgIpc) is 2.16. The molecule has 0 aromatic heterocycles. The van der Waals surface area contributed by atoms with Crippen molar-refractivity contribution in [2.24, 2.45) is 0 Å². The Balaban J connectivity index is 3.47. The van der Waals surface area contributed by atoms with E-state index in [0.717, 1.165) is 0 Å². The van der Waals surface area contributed by atoms with E-state index in [1.54, 1.807) is 0 Å². The summed E-state index contributed by atoms with van der Waals surface area (Å²) in [5.74, 6) is -2.33. The quantitative estimate of drug-likeness (QED) is 0.764. The molecule has 0 saturated carbocycles. The molecule has 0 aliphatic heterocycles. The minimum atomic E-state index is -1.16. The molecule has 0 aliphatic rings. The molecule has 0 amide bonds. The van der Waals surface area contributed by atoms with Gasteiger partial charge in [-0.25, -0.2) is 9.59 Å². The van der Waals surface area contributed by atoms with Crippen LogP contribution in [0.3, 0.4) is 0 Å². The molecule has 72 valence electrons. The topological polar surface area (TPSA) is 74.6 Å². The first-order valence-corrected chi connectivity index (χ1v) is 3.80. The number of carboxylic acid groups (broad SMARTS) is 2. The van der Waals surface area contributed by atoms with E-state index < -0.39 is 11.9 Å². The molecule has 0 bridgehead atoms. The minimum Gasteiger partial charge on any atom is -0.478 e. The largest absolute Gasteiger partial charge is 0.478 e. The van der Waals surface area contributed by atoms with Gasteiger partial charge in [-0.1, -0.05) is 18.7 Å². The Kier molecular flexibility index (Phi) is 2.67. The SMILES string of the molecule is C=Cc1c(C(=O)O)cccc1C(=O)O. The van der Waals surface area contributed by atoms with Crippen molar-refractivity contribution in [3.8, 4) is 0 Å². The lowest BCUT2D eigenvalue weighted by molar-refractivity contribution is 0.0696. The fourth-order valence-electron chi connectivity index (χ4n) is 1.16. The van der Waals surface area contributed by atoms with Gasteiger partial charge < -0.3 is 10.2 Å². The second-order valence-corrected chi connectivity index (χ2v) is 2.58. The lowest BCUT2D eigenvalue weighted by Gasteiger charge is -2.04. The van der Waals surface area contributed by atoms with Crippen molar-refractivity contribution in [3.05, 3.63) is 41.5 Å². The summed E-state index contributed by atoms with van der Waals surface area (Å²) in [5, 5.41) is 17.5. The van der Waals surface area contributed by atoms with Gasteiger partial charge in [0.25, 0.3) is 0 Å². The standard InChI is InChI=1S/C10H8O4/c1-2-6-7(9(11)12)4-3-5-8(6)10(13)14/h2-5H,1H2,(H,11,12)(H,13,14). The second-order valence-electron chi connectivity index (χ2n) is 2.58. The van der Waals surface area contributed by atoms with Gasteiger partial charge in [0, 0.05) is 5.56 Å². The first-order chi connectivity index (χ1) is 6.57. The summed E-state index contributed by atoms with van der Waals surface area (Å²) < 4.78 is 0. The van der Waals surface area contributed by atoms with Crippen molar-refractivity contribution in [2.45, 2.75) is 0 Å². The molecule has 4 nitrogen and oxygen atoms in total. The van der Waals surface area contributed by atoms with Crippen molar-refractivity contribution >= 4 is 18.0 Å². The highest BCUT2D eigenvalue weighted by molar-refractivity contribution is 5.99. The van der Waals surface area contributed by atoms with Gasteiger partial charge in [-0.2, -0.15) is 0 Å². The Morgan fingerprint density at radius 2 is 1.57 bits per heavy atom. The average molecular weight is 192 g/mol. The summed E-state index contributed by atoms with van der Waals surface area (Å²) in [6.07, 6.45) is 1.23. The van der Waals surface area contributed by atoms with E-state index in [2.05, 4.69) is 6.58 Å². The molecule has 0 fully saturated rings. The molecule has 1 aromatic rings. The fourth-order valence-corrected chi connectivity index (χ4v) is 1.16. The molecule has 2 N–H and O–H groups in total. The monoisotopic (exact) mass is 192 g/mol. The molecular weight excluding hydrogens is 184 g/mol. The van der Waals surface area contributed by atoms with E-state index in [1.165, 1.54) is 24.3 Å². The van der Waals surface area contributed by atoms with Crippen LogP contribution in [0.1, 0.15) is 26.3 Å². The maximum atomic E-state index is 10.7. The Labute approximate surface area is 80.1 Å². The highest BCUT2D eigenvalue weighted by Crippen LogP contribution is 2.16. The van der Waals surface area contributed by atoms with Crippen molar-refractivity contribution in [2.75, 3.05) is 0 Å². The minimum absolute atomic E-state index is 0.0556. The lowest BCUT2D eigenvalue weighted by atomic mass is 10.0. The Morgan fingerprint density at radius 3 is 1.86 bits per heavy atom. The first kappa shape index (κ1) is 9.98.